The summed E-state index contributed by atoms with van der Waals surface area (Å²) >= 11 is 0. The second-order valence-electron chi connectivity index (χ2n) is 8.92. The van der Waals surface area contributed by atoms with E-state index in [0.29, 0.717) is 30.5 Å². The molecule has 1 unspecified atom stereocenters. The molecule has 0 radical (unpaired) electrons. The van der Waals surface area contributed by atoms with Crippen molar-refractivity contribution in [2.75, 3.05) is 13.1 Å². The van der Waals surface area contributed by atoms with Gasteiger partial charge in [0.2, 0.25) is 5.91 Å². The summed E-state index contributed by atoms with van der Waals surface area (Å²) in [4.78, 5) is 32.0. The first kappa shape index (κ1) is 22.4. The second-order valence-corrected chi connectivity index (χ2v) is 8.92. The van der Waals surface area contributed by atoms with Crippen molar-refractivity contribution in [2.24, 2.45) is 5.92 Å². The van der Waals surface area contributed by atoms with Gasteiger partial charge in [-0.15, -0.1) is 0 Å². The van der Waals surface area contributed by atoms with Gasteiger partial charge in [-0.05, 0) is 44.7 Å². The van der Waals surface area contributed by atoms with Crippen LogP contribution in [0.3, 0.4) is 0 Å². The van der Waals surface area contributed by atoms with Crippen LogP contribution in [-0.4, -0.2) is 46.0 Å². The van der Waals surface area contributed by atoms with Crippen LogP contribution in [0.4, 0.5) is 13.2 Å². The number of aromatic nitrogens is 2. The predicted molar refractivity (Wildman–Crippen MR) is 117 cm³/mol. The normalized spacial score (nSPS) is 18.8. The highest BCUT2D eigenvalue weighted by molar-refractivity contribution is 6.07. The molecule has 1 saturated carbocycles. The Morgan fingerprint density at radius 2 is 1.94 bits per heavy atom. The minimum atomic E-state index is -4.59. The minimum Gasteiger partial charge on any atom is -0.353 e. The van der Waals surface area contributed by atoms with Crippen LogP contribution in [0.15, 0.2) is 34.9 Å². The maximum Gasteiger partial charge on any atom is 0.417 e. The molecule has 10 heteroatoms. The molecular formula is C24H23F3N4O3. The van der Waals surface area contributed by atoms with E-state index in [1.54, 1.807) is 11.8 Å². The molecule has 2 fully saturated rings. The van der Waals surface area contributed by atoms with Gasteiger partial charge in [0, 0.05) is 24.7 Å². The molecule has 0 spiro atoms. The molecule has 3 heterocycles. The number of rotatable bonds is 4. The number of benzene rings is 1. The van der Waals surface area contributed by atoms with Crippen molar-refractivity contribution in [3.05, 3.63) is 47.2 Å². The van der Waals surface area contributed by atoms with Crippen LogP contribution in [0.25, 0.3) is 22.4 Å². The number of halogens is 3. The summed E-state index contributed by atoms with van der Waals surface area (Å²) in [6.45, 7) is 2.35. The molecule has 5 rings (SSSR count). The first-order valence-electron chi connectivity index (χ1n) is 11.3. The zero-order chi connectivity index (χ0) is 24.0. The molecule has 34 heavy (non-hydrogen) atoms. The lowest BCUT2D eigenvalue weighted by molar-refractivity contribution is -0.137. The Balaban J connectivity index is 1.53. The van der Waals surface area contributed by atoms with Gasteiger partial charge in [0.15, 0.2) is 0 Å². The van der Waals surface area contributed by atoms with E-state index < -0.39 is 11.7 Å². The maximum atomic E-state index is 13.6. The number of nitrogens with zero attached hydrogens (tertiary/aromatic N) is 3. The monoisotopic (exact) mass is 472 g/mol. The third-order valence-corrected chi connectivity index (χ3v) is 6.36. The van der Waals surface area contributed by atoms with Crippen molar-refractivity contribution in [1.29, 1.82) is 0 Å². The topological polar surface area (TPSA) is 88.3 Å². The van der Waals surface area contributed by atoms with Gasteiger partial charge in [0.1, 0.15) is 0 Å². The quantitative estimate of drug-likeness (QED) is 0.610. The Labute approximate surface area is 193 Å². The van der Waals surface area contributed by atoms with Crippen LogP contribution in [0.5, 0.6) is 0 Å². The van der Waals surface area contributed by atoms with Crippen molar-refractivity contribution in [1.82, 2.24) is 20.4 Å². The second kappa shape index (κ2) is 8.41. The summed E-state index contributed by atoms with van der Waals surface area (Å²) in [6.07, 6.45) is -1.29. The van der Waals surface area contributed by atoms with E-state index >= 15 is 0 Å². The van der Waals surface area contributed by atoms with E-state index in [1.165, 1.54) is 24.3 Å². The largest absolute Gasteiger partial charge is 0.417 e. The van der Waals surface area contributed by atoms with Gasteiger partial charge >= 0.3 is 6.18 Å². The van der Waals surface area contributed by atoms with Gasteiger partial charge in [-0.3, -0.25) is 9.59 Å². The van der Waals surface area contributed by atoms with E-state index in [0.717, 1.165) is 18.9 Å². The van der Waals surface area contributed by atoms with Gasteiger partial charge in [-0.25, -0.2) is 4.98 Å². The van der Waals surface area contributed by atoms with Gasteiger partial charge < -0.3 is 14.7 Å². The molecule has 1 aliphatic carbocycles. The molecule has 0 bridgehead atoms. The van der Waals surface area contributed by atoms with Crippen LogP contribution < -0.4 is 5.32 Å². The SMILES string of the molecule is Cc1noc2nc(-c3ccccc3C(F)(F)F)cc(C(=O)N3CCCC(C(=O)NC4CC4)C3)c12. The third kappa shape index (κ3) is 4.24. The molecular weight excluding hydrogens is 449 g/mol. The molecule has 1 saturated heterocycles. The Bertz CT molecular complexity index is 1270. The summed E-state index contributed by atoms with van der Waals surface area (Å²) in [5.41, 5.74) is -0.456. The molecule has 7 nitrogen and oxygen atoms in total. The Morgan fingerprint density at radius 1 is 1.18 bits per heavy atom. The molecule has 1 aliphatic heterocycles. The molecule has 1 atom stereocenters. The Hall–Kier alpha value is -3.43. The number of likely N-dealkylation sites (tertiary alicyclic amines) is 1. The zero-order valence-corrected chi connectivity index (χ0v) is 18.5. The number of carbonyl (C=O) groups is 2. The highest BCUT2D eigenvalue weighted by atomic mass is 19.4. The molecule has 178 valence electrons. The summed E-state index contributed by atoms with van der Waals surface area (Å²) in [5.74, 6) is -0.751. The van der Waals surface area contributed by atoms with Crippen molar-refractivity contribution >= 4 is 22.9 Å². The van der Waals surface area contributed by atoms with Crippen molar-refractivity contribution in [3.63, 3.8) is 0 Å². The summed E-state index contributed by atoms with van der Waals surface area (Å²) < 4.78 is 46.2. The highest BCUT2D eigenvalue weighted by Gasteiger charge is 2.36. The fraction of sp³-hybridized carbons (Fsp3) is 0.417. The smallest absolute Gasteiger partial charge is 0.353 e. The molecule has 3 aromatic rings. The molecule has 2 aromatic heterocycles. The van der Waals surface area contributed by atoms with Gasteiger partial charge in [0.05, 0.1) is 33.8 Å². The summed E-state index contributed by atoms with van der Waals surface area (Å²) in [5, 5.41) is 7.23. The van der Waals surface area contributed by atoms with E-state index in [2.05, 4.69) is 15.5 Å². The molecule has 1 N–H and O–H groups in total. The van der Waals surface area contributed by atoms with Crippen LogP contribution in [0.2, 0.25) is 0 Å². The number of alkyl halides is 3. The fourth-order valence-electron chi connectivity index (χ4n) is 4.45. The first-order chi connectivity index (χ1) is 16.2. The van der Waals surface area contributed by atoms with E-state index in [9.17, 15) is 22.8 Å². The van der Waals surface area contributed by atoms with E-state index in [-0.39, 0.29) is 52.9 Å². The number of piperidine rings is 1. The number of amides is 2. The first-order valence-corrected chi connectivity index (χ1v) is 11.3. The maximum absolute atomic E-state index is 13.6. The zero-order valence-electron chi connectivity index (χ0n) is 18.5. The average molecular weight is 472 g/mol. The number of fused-ring (bicyclic) bond motifs is 1. The lowest BCUT2D eigenvalue weighted by Crippen LogP contribution is -2.46. The van der Waals surface area contributed by atoms with Crippen LogP contribution in [-0.2, 0) is 11.0 Å². The van der Waals surface area contributed by atoms with Crippen molar-refractivity contribution in [3.8, 4) is 11.3 Å². The number of hydrogen-bond donors (Lipinski definition) is 1. The van der Waals surface area contributed by atoms with Crippen molar-refractivity contribution < 1.29 is 27.3 Å². The predicted octanol–water partition coefficient (Wildman–Crippen LogP) is 4.35. The Kier molecular flexibility index (Phi) is 5.53. The van der Waals surface area contributed by atoms with Gasteiger partial charge in [-0.2, -0.15) is 13.2 Å². The van der Waals surface area contributed by atoms with E-state index in [1.807, 2.05) is 0 Å². The standard InChI is InChI=1S/C24H23F3N4O3/c1-13-20-17(23(33)31-10-4-5-14(12-31)21(32)28-15-8-9-15)11-19(29-22(20)34-30-13)16-6-2-3-7-18(16)24(25,26)27/h2-3,6-7,11,14-15H,4-5,8-10,12H2,1H3,(H,28,32). The number of nitrogens with one attached hydrogen (secondary N) is 1. The third-order valence-electron chi connectivity index (χ3n) is 6.36. The summed E-state index contributed by atoms with van der Waals surface area (Å²) in [7, 11) is 0. The Morgan fingerprint density at radius 3 is 2.68 bits per heavy atom. The lowest BCUT2D eigenvalue weighted by Gasteiger charge is -2.32. The fourth-order valence-corrected chi connectivity index (χ4v) is 4.45. The number of aryl methyl sites for hydroxylation is 1. The van der Waals surface area contributed by atoms with Gasteiger partial charge in [-0.1, -0.05) is 23.4 Å². The minimum absolute atomic E-state index is 0.00429. The number of pyridine rings is 1. The number of hydrogen-bond acceptors (Lipinski definition) is 5. The van der Waals surface area contributed by atoms with Gasteiger partial charge in [0.25, 0.3) is 11.6 Å². The van der Waals surface area contributed by atoms with Crippen LogP contribution in [0, 0.1) is 12.8 Å². The molecule has 2 amide bonds. The number of carbonyl (C=O) groups excluding carboxylic acids is 2. The average Bonchev–Trinajstić information content (AvgIpc) is 3.57. The van der Waals surface area contributed by atoms with E-state index in [4.69, 9.17) is 4.52 Å². The van der Waals surface area contributed by atoms with Crippen molar-refractivity contribution in [2.45, 2.75) is 44.8 Å². The molecule has 2 aliphatic rings. The summed E-state index contributed by atoms with van der Waals surface area (Å²) in [6, 6.07) is 6.67. The lowest BCUT2D eigenvalue weighted by atomic mass is 9.95. The highest BCUT2D eigenvalue weighted by Crippen LogP contribution is 2.38. The van der Waals surface area contributed by atoms with Crippen LogP contribution in [0.1, 0.15) is 47.3 Å². The van der Waals surface area contributed by atoms with Crippen LogP contribution >= 0.6 is 0 Å². The molecule has 1 aromatic carbocycles.